The number of nitrogens with two attached hydrogens (primary N) is 1. The van der Waals surface area contributed by atoms with Crippen LogP contribution >= 0.6 is 0 Å². The lowest BCUT2D eigenvalue weighted by atomic mass is 9.65. The number of carbonyl (C=O) groups is 1. The molecule has 3 fully saturated rings. The lowest BCUT2D eigenvalue weighted by molar-refractivity contribution is -0.138. The lowest BCUT2D eigenvalue weighted by Crippen LogP contribution is -2.50. The monoisotopic (exact) mass is 307 g/mol. The minimum Gasteiger partial charge on any atom is -0.345 e. The summed E-state index contributed by atoms with van der Waals surface area (Å²) in [6, 6.07) is 0.357. The molecule has 1 saturated heterocycles. The molecular formula is C18H33N3O. The summed E-state index contributed by atoms with van der Waals surface area (Å²) in [5.74, 6) is 2.46. The maximum absolute atomic E-state index is 12.9. The zero-order valence-corrected chi connectivity index (χ0v) is 14.3. The third kappa shape index (κ3) is 3.48. The molecule has 1 heterocycles. The molecule has 3 rings (SSSR count). The van der Waals surface area contributed by atoms with Crippen molar-refractivity contribution in [3.63, 3.8) is 0 Å². The van der Waals surface area contributed by atoms with Crippen LogP contribution in [0.25, 0.3) is 0 Å². The first-order chi connectivity index (χ1) is 10.5. The van der Waals surface area contributed by atoms with Gasteiger partial charge in [0.05, 0.1) is 0 Å². The molecule has 4 nitrogen and oxygen atoms in total. The Hall–Kier alpha value is -0.610. The van der Waals surface area contributed by atoms with Crippen molar-refractivity contribution >= 4 is 5.91 Å². The van der Waals surface area contributed by atoms with Crippen molar-refractivity contribution in [2.24, 2.45) is 29.4 Å². The largest absolute Gasteiger partial charge is 0.345 e. The van der Waals surface area contributed by atoms with Gasteiger partial charge in [-0.05, 0) is 69.9 Å². The lowest BCUT2D eigenvalue weighted by Gasteiger charge is -2.44. The van der Waals surface area contributed by atoms with Crippen LogP contribution in [0, 0.1) is 23.7 Å². The van der Waals surface area contributed by atoms with E-state index in [9.17, 15) is 4.79 Å². The molecule has 0 aromatic heterocycles. The maximum Gasteiger partial charge on any atom is 0.225 e. The Labute approximate surface area is 135 Å². The van der Waals surface area contributed by atoms with E-state index in [2.05, 4.69) is 11.9 Å². The number of nitrogens with zero attached hydrogens (tertiary/aromatic N) is 2. The van der Waals surface area contributed by atoms with Crippen LogP contribution in [0.4, 0.5) is 0 Å². The van der Waals surface area contributed by atoms with Gasteiger partial charge in [-0.25, -0.2) is 0 Å². The summed E-state index contributed by atoms with van der Waals surface area (Å²) in [4.78, 5) is 17.3. The normalized spacial score (nSPS) is 39.5. The maximum atomic E-state index is 12.9. The van der Waals surface area contributed by atoms with Gasteiger partial charge in [-0.15, -0.1) is 0 Å². The minimum atomic E-state index is 0.237. The van der Waals surface area contributed by atoms with Crippen molar-refractivity contribution in [3.05, 3.63) is 0 Å². The van der Waals surface area contributed by atoms with E-state index in [1.807, 2.05) is 11.9 Å². The second-order valence-electron chi connectivity index (χ2n) is 8.19. The first-order valence-electron chi connectivity index (χ1n) is 9.23. The topological polar surface area (TPSA) is 49.6 Å². The summed E-state index contributed by atoms with van der Waals surface area (Å²) in [5.41, 5.74) is 6.36. The Morgan fingerprint density at radius 1 is 1.18 bits per heavy atom. The van der Waals surface area contributed by atoms with Crippen molar-refractivity contribution in [1.82, 2.24) is 9.80 Å². The number of hydrogen-bond donors (Lipinski definition) is 1. The summed E-state index contributed by atoms with van der Waals surface area (Å²) < 4.78 is 0. The van der Waals surface area contributed by atoms with E-state index in [0.717, 1.165) is 25.9 Å². The van der Waals surface area contributed by atoms with Gasteiger partial charge in [0.15, 0.2) is 0 Å². The van der Waals surface area contributed by atoms with E-state index in [-0.39, 0.29) is 5.92 Å². The molecule has 2 saturated carbocycles. The molecule has 126 valence electrons. The number of likely N-dealkylation sites (tertiary alicyclic amines) is 1. The molecule has 1 aliphatic heterocycles. The quantitative estimate of drug-likeness (QED) is 0.867. The first-order valence-corrected chi connectivity index (χ1v) is 9.23. The van der Waals surface area contributed by atoms with Gasteiger partial charge < -0.3 is 15.5 Å². The van der Waals surface area contributed by atoms with Crippen molar-refractivity contribution in [3.8, 4) is 0 Å². The fourth-order valence-corrected chi connectivity index (χ4v) is 5.20. The molecular weight excluding hydrogens is 274 g/mol. The Balaban J connectivity index is 1.54. The molecule has 0 radical (unpaired) electrons. The summed E-state index contributed by atoms with van der Waals surface area (Å²) in [6.07, 6.45) is 8.39. The van der Waals surface area contributed by atoms with Gasteiger partial charge in [0.2, 0.25) is 5.91 Å². The Morgan fingerprint density at radius 2 is 1.86 bits per heavy atom. The molecule has 2 bridgehead atoms. The van der Waals surface area contributed by atoms with Crippen LogP contribution < -0.4 is 5.73 Å². The molecule has 3 atom stereocenters. The minimum absolute atomic E-state index is 0.237. The summed E-state index contributed by atoms with van der Waals surface area (Å²) in [6.45, 7) is 3.28. The van der Waals surface area contributed by atoms with Crippen LogP contribution in [0.3, 0.4) is 0 Å². The molecule has 1 amide bonds. The zero-order valence-electron chi connectivity index (χ0n) is 14.3. The van der Waals surface area contributed by atoms with Crippen LogP contribution in [0.1, 0.15) is 44.9 Å². The molecule has 2 aliphatic carbocycles. The van der Waals surface area contributed by atoms with Crippen molar-refractivity contribution in [1.29, 1.82) is 0 Å². The third-order valence-electron chi connectivity index (χ3n) is 6.39. The molecule has 3 unspecified atom stereocenters. The second kappa shape index (κ2) is 6.88. The number of rotatable bonds is 3. The van der Waals surface area contributed by atoms with Gasteiger partial charge in [0.1, 0.15) is 0 Å². The highest BCUT2D eigenvalue weighted by Gasteiger charge is 2.41. The highest BCUT2D eigenvalue weighted by atomic mass is 16.2. The first kappa shape index (κ1) is 16.3. The number of amides is 1. The fraction of sp³-hybridized carbons (Fsp3) is 0.944. The second-order valence-corrected chi connectivity index (χ2v) is 8.19. The van der Waals surface area contributed by atoms with Gasteiger partial charge in [0.25, 0.3) is 0 Å². The molecule has 3 aliphatic rings. The van der Waals surface area contributed by atoms with Gasteiger partial charge >= 0.3 is 0 Å². The third-order valence-corrected chi connectivity index (χ3v) is 6.39. The van der Waals surface area contributed by atoms with Crippen LogP contribution in [-0.2, 0) is 4.79 Å². The van der Waals surface area contributed by atoms with E-state index in [4.69, 9.17) is 5.73 Å². The van der Waals surface area contributed by atoms with E-state index in [1.165, 1.54) is 38.6 Å². The zero-order chi connectivity index (χ0) is 15.7. The number of piperidine rings is 1. The summed E-state index contributed by atoms with van der Waals surface area (Å²) in [5, 5.41) is 0. The van der Waals surface area contributed by atoms with E-state index in [1.54, 1.807) is 0 Å². The van der Waals surface area contributed by atoms with Gasteiger partial charge in [-0.2, -0.15) is 0 Å². The van der Waals surface area contributed by atoms with Crippen LogP contribution in [-0.4, -0.2) is 55.5 Å². The van der Waals surface area contributed by atoms with Crippen LogP contribution in [0.2, 0.25) is 0 Å². The standard InChI is InChI=1S/C18H33N3O/c1-20-8-4-5-13(11-20)12-21(2)18(22)16-9-14-6-3-7-15(10-16)17(14)19/h13-17H,3-12,19H2,1-2H3. The van der Waals surface area contributed by atoms with E-state index < -0.39 is 0 Å². The fourth-order valence-electron chi connectivity index (χ4n) is 5.20. The SMILES string of the molecule is CN1CCCC(CN(C)C(=O)C2CC3CCCC(C2)C3N)C1. The van der Waals surface area contributed by atoms with E-state index in [0.29, 0.717) is 29.7 Å². The van der Waals surface area contributed by atoms with Gasteiger partial charge in [-0.1, -0.05) is 6.42 Å². The van der Waals surface area contributed by atoms with Crippen LogP contribution in [0.5, 0.6) is 0 Å². The van der Waals surface area contributed by atoms with Gasteiger partial charge in [-0.3, -0.25) is 4.79 Å². The average Bonchev–Trinajstić information content (AvgIpc) is 2.46. The van der Waals surface area contributed by atoms with E-state index >= 15 is 0 Å². The molecule has 0 aromatic carbocycles. The number of fused-ring (bicyclic) bond motifs is 2. The molecule has 2 N–H and O–H groups in total. The van der Waals surface area contributed by atoms with Gasteiger partial charge in [0, 0.05) is 32.1 Å². The molecule has 22 heavy (non-hydrogen) atoms. The highest BCUT2D eigenvalue weighted by molar-refractivity contribution is 5.78. The average molecular weight is 307 g/mol. The van der Waals surface area contributed by atoms with Crippen molar-refractivity contribution < 1.29 is 4.79 Å². The summed E-state index contributed by atoms with van der Waals surface area (Å²) >= 11 is 0. The Morgan fingerprint density at radius 3 is 2.50 bits per heavy atom. The number of hydrogen-bond acceptors (Lipinski definition) is 3. The number of carbonyl (C=O) groups excluding carboxylic acids is 1. The predicted octanol–water partition coefficient (Wildman–Crippen LogP) is 1.94. The van der Waals surface area contributed by atoms with Crippen molar-refractivity contribution in [2.45, 2.75) is 51.0 Å². The molecule has 0 spiro atoms. The van der Waals surface area contributed by atoms with Crippen LogP contribution in [0.15, 0.2) is 0 Å². The summed E-state index contributed by atoms with van der Waals surface area (Å²) in [7, 11) is 4.21. The highest BCUT2D eigenvalue weighted by Crippen LogP contribution is 2.42. The Bertz CT molecular complexity index is 386. The Kier molecular flexibility index (Phi) is 5.08. The smallest absolute Gasteiger partial charge is 0.225 e. The predicted molar refractivity (Wildman–Crippen MR) is 89.4 cm³/mol. The van der Waals surface area contributed by atoms with Crippen molar-refractivity contribution in [2.75, 3.05) is 33.7 Å². The molecule has 0 aromatic rings. The molecule has 4 heteroatoms.